The standard InChI is InChI=1S/C19H27NO/c1-3-7-16-10-11-18(19(14-16)21-2)12-13-20-15-17-8-5-4-6-9-17/h5,8-11,14,20H,3-4,6-7,12-13,15H2,1-2H3. The maximum Gasteiger partial charge on any atom is 0.122 e. The normalized spacial score (nSPS) is 14.1. The predicted octanol–water partition coefficient (Wildman–Crippen LogP) is 4.06. The maximum absolute atomic E-state index is 5.53. The fourth-order valence-corrected chi connectivity index (χ4v) is 2.69. The second-order valence-corrected chi connectivity index (χ2v) is 5.58. The molecule has 114 valence electrons. The van der Waals surface area contributed by atoms with Crippen molar-refractivity contribution in [2.24, 2.45) is 0 Å². The van der Waals surface area contributed by atoms with Crippen molar-refractivity contribution in [3.63, 3.8) is 0 Å². The van der Waals surface area contributed by atoms with Gasteiger partial charge < -0.3 is 10.1 Å². The highest BCUT2D eigenvalue weighted by Gasteiger charge is 2.04. The summed E-state index contributed by atoms with van der Waals surface area (Å²) in [5.74, 6) is 1.03. The van der Waals surface area contributed by atoms with Gasteiger partial charge in [-0.25, -0.2) is 0 Å². The second kappa shape index (κ2) is 8.68. The molecule has 0 heterocycles. The highest BCUT2D eigenvalue weighted by atomic mass is 16.5. The van der Waals surface area contributed by atoms with Crippen LogP contribution in [0.2, 0.25) is 0 Å². The lowest BCUT2D eigenvalue weighted by molar-refractivity contribution is 0.408. The molecule has 0 saturated heterocycles. The Kier molecular flexibility index (Phi) is 6.55. The number of allylic oxidation sites excluding steroid dienone is 2. The van der Waals surface area contributed by atoms with Gasteiger partial charge in [-0.15, -0.1) is 0 Å². The van der Waals surface area contributed by atoms with Crippen molar-refractivity contribution in [2.45, 2.75) is 39.0 Å². The zero-order valence-corrected chi connectivity index (χ0v) is 13.3. The zero-order chi connectivity index (χ0) is 14.9. The van der Waals surface area contributed by atoms with Crippen LogP contribution in [-0.2, 0) is 12.8 Å². The van der Waals surface area contributed by atoms with Crippen LogP contribution in [0.15, 0.2) is 42.0 Å². The molecule has 0 radical (unpaired) electrons. The molecule has 0 saturated carbocycles. The van der Waals surface area contributed by atoms with Gasteiger partial charge in [0.2, 0.25) is 0 Å². The molecule has 2 nitrogen and oxygen atoms in total. The highest BCUT2D eigenvalue weighted by Crippen LogP contribution is 2.21. The molecular formula is C19H27NO. The van der Waals surface area contributed by atoms with E-state index in [-0.39, 0.29) is 0 Å². The van der Waals surface area contributed by atoms with Crippen molar-refractivity contribution >= 4 is 0 Å². The highest BCUT2D eigenvalue weighted by molar-refractivity contribution is 5.38. The first-order valence-electron chi connectivity index (χ1n) is 8.05. The van der Waals surface area contributed by atoms with E-state index in [4.69, 9.17) is 4.74 Å². The van der Waals surface area contributed by atoms with E-state index in [2.05, 4.69) is 48.7 Å². The van der Waals surface area contributed by atoms with E-state index < -0.39 is 0 Å². The van der Waals surface area contributed by atoms with Crippen LogP contribution in [0.1, 0.15) is 37.3 Å². The first-order chi connectivity index (χ1) is 10.3. The second-order valence-electron chi connectivity index (χ2n) is 5.58. The van der Waals surface area contributed by atoms with Gasteiger partial charge >= 0.3 is 0 Å². The molecule has 0 unspecified atom stereocenters. The third kappa shape index (κ3) is 5.05. The van der Waals surface area contributed by atoms with Gasteiger partial charge in [0.05, 0.1) is 7.11 Å². The summed E-state index contributed by atoms with van der Waals surface area (Å²) in [4.78, 5) is 0. The number of hydrogen-bond donors (Lipinski definition) is 1. The van der Waals surface area contributed by atoms with Gasteiger partial charge in [-0.3, -0.25) is 0 Å². The number of benzene rings is 1. The molecule has 0 aliphatic heterocycles. The van der Waals surface area contributed by atoms with E-state index in [1.54, 1.807) is 7.11 Å². The Bertz CT molecular complexity index is 502. The van der Waals surface area contributed by atoms with Crippen LogP contribution < -0.4 is 10.1 Å². The molecule has 0 aromatic heterocycles. The third-order valence-electron chi connectivity index (χ3n) is 3.86. The Hall–Kier alpha value is -1.54. The summed E-state index contributed by atoms with van der Waals surface area (Å²) in [6, 6.07) is 6.63. The Morgan fingerprint density at radius 1 is 1.19 bits per heavy atom. The van der Waals surface area contributed by atoms with Gasteiger partial charge in [0, 0.05) is 6.54 Å². The smallest absolute Gasteiger partial charge is 0.122 e. The number of hydrogen-bond acceptors (Lipinski definition) is 2. The van der Waals surface area contributed by atoms with E-state index in [1.807, 2.05) is 0 Å². The molecule has 1 aromatic carbocycles. The predicted molar refractivity (Wildman–Crippen MR) is 90.0 cm³/mol. The summed E-state index contributed by atoms with van der Waals surface area (Å²) in [6.45, 7) is 4.15. The van der Waals surface area contributed by atoms with E-state index in [0.29, 0.717) is 0 Å². The average molecular weight is 285 g/mol. The lowest BCUT2D eigenvalue weighted by atomic mass is 10.0. The van der Waals surface area contributed by atoms with Crippen LogP contribution in [0.3, 0.4) is 0 Å². The van der Waals surface area contributed by atoms with Crippen LogP contribution in [0.25, 0.3) is 0 Å². The first kappa shape index (κ1) is 15.8. The van der Waals surface area contributed by atoms with Crippen LogP contribution in [-0.4, -0.2) is 20.2 Å². The number of ether oxygens (including phenoxy) is 1. The van der Waals surface area contributed by atoms with Crippen molar-refractivity contribution in [1.82, 2.24) is 5.32 Å². The van der Waals surface area contributed by atoms with E-state index in [0.717, 1.165) is 31.7 Å². The van der Waals surface area contributed by atoms with Crippen molar-refractivity contribution in [3.05, 3.63) is 53.1 Å². The molecule has 0 amide bonds. The molecule has 1 aromatic rings. The largest absolute Gasteiger partial charge is 0.496 e. The fraction of sp³-hybridized carbons (Fsp3) is 0.474. The molecule has 0 atom stereocenters. The van der Waals surface area contributed by atoms with Gasteiger partial charge in [0.15, 0.2) is 0 Å². The zero-order valence-electron chi connectivity index (χ0n) is 13.3. The number of rotatable bonds is 8. The Morgan fingerprint density at radius 2 is 2.10 bits per heavy atom. The summed E-state index contributed by atoms with van der Waals surface area (Å²) in [6.07, 6.45) is 12.5. The molecular weight excluding hydrogens is 258 g/mol. The van der Waals surface area contributed by atoms with Gasteiger partial charge in [-0.2, -0.15) is 0 Å². The lowest BCUT2D eigenvalue weighted by Gasteiger charge is -2.12. The van der Waals surface area contributed by atoms with Gasteiger partial charge in [-0.05, 0) is 55.0 Å². The fourth-order valence-electron chi connectivity index (χ4n) is 2.69. The molecule has 0 spiro atoms. The number of nitrogens with one attached hydrogen (secondary N) is 1. The Morgan fingerprint density at radius 3 is 2.81 bits per heavy atom. The van der Waals surface area contributed by atoms with Gasteiger partial charge in [0.25, 0.3) is 0 Å². The van der Waals surface area contributed by atoms with Crippen LogP contribution in [0.4, 0.5) is 0 Å². The van der Waals surface area contributed by atoms with Crippen molar-refractivity contribution in [1.29, 1.82) is 0 Å². The molecule has 2 rings (SSSR count). The average Bonchev–Trinajstić information content (AvgIpc) is 2.53. The number of methoxy groups -OCH3 is 1. The quantitative estimate of drug-likeness (QED) is 0.727. The van der Waals surface area contributed by atoms with Crippen molar-refractivity contribution in [3.8, 4) is 5.75 Å². The Labute approximate surface area is 128 Å². The minimum Gasteiger partial charge on any atom is -0.496 e. The van der Waals surface area contributed by atoms with Gasteiger partial charge in [-0.1, -0.05) is 43.7 Å². The molecule has 21 heavy (non-hydrogen) atoms. The van der Waals surface area contributed by atoms with Crippen molar-refractivity contribution < 1.29 is 4.74 Å². The summed E-state index contributed by atoms with van der Waals surface area (Å²) < 4.78 is 5.53. The molecule has 0 fully saturated rings. The van der Waals surface area contributed by atoms with E-state index >= 15 is 0 Å². The van der Waals surface area contributed by atoms with Crippen LogP contribution in [0.5, 0.6) is 5.75 Å². The summed E-state index contributed by atoms with van der Waals surface area (Å²) in [5, 5.41) is 3.52. The summed E-state index contributed by atoms with van der Waals surface area (Å²) in [5.41, 5.74) is 4.06. The lowest BCUT2D eigenvalue weighted by Crippen LogP contribution is -2.20. The maximum atomic E-state index is 5.53. The summed E-state index contributed by atoms with van der Waals surface area (Å²) in [7, 11) is 1.76. The van der Waals surface area contributed by atoms with Crippen LogP contribution in [0, 0.1) is 0 Å². The molecule has 2 heteroatoms. The molecule has 1 N–H and O–H groups in total. The van der Waals surface area contributed by atoms with E-state index in [1.165, 1.54) is 36.0 Å². The molecule has 1 aliphatic carbocycles. The van der Waals surface area contributed by atoms with Gasteiger partial charge in [0.1, 0.15) is 5.75 Å². The third-order valence-corrected chi connectivity index (χ3v) is 3.86. The van der Waals surface area contributed by atoms with E-state index in [9.17, 15) is 0 Å². The minimum absolute atomic E-state index is 0.965. The molecule has 0 bridgehead atoms. The van der Waals surface area contributed by atoms with Crippen molar-refractivity contribution in [2.75, 3.05) is 20.2 Å². The number of aryl methyl sites for hydroxylation is 1. The summed E-state index contributed by atoms with van der Waals surface area (Å²) >= 11 is 0. The molecule has 1 aliphatic rings. The Balaban J connectivity index is 1.82. The monoisotopic (exact) mass is 285 g/mol. The topological polar surface area (TPSA) is 21.3 Å². The van der Waals surface area contributed by atoms with Crippen LogP contribution >= 0.6 is 0 Å². The first-order valence-corrected chi connectivity index (χ1v) is 8.05. The SMILES string of the molecule is CCCc1ccc(CCNCC2=CCCC=C2)c(OC)c1. The minimum atomic E-state index is 0.965.